The fourth-order valence-corrected chi connectivity index (χ4v) is 2.42. The summed E-state index contributed by atoms with van der Waals surface area (Å²) in [6.45, 7) is 9.66. The second kappa shape index (κ2) is 9.85. The Bertz CT molecular complexity index is 595. The van der Waals surface area contributed by atoms with E-state index in [4.69, 9.17) is 5.73 Å². The van der Waals surface area contributed by atoms with Crippen LogP contribution in [-0.2, 0) is 13.1 Å². The Labute approximate surface area is 144 Å². The van der Waals surface area contributed by atoms with E-state index in [1.807, 2.05) is 6.07 Å². The lowest BCUT2D eigenvalue weighted by Gasteiger charge is -2.18. The van der Waals surface area contributed by atoms with Crippen molar-refractivity contribution >= 4 is 11.6 Å². The van der Waals surface area contributed by atoms with Crippen molar-refractivity contribution in [1.82, 2.24) is 14.9 Å². The number of likely N-dealkylation sites (N-methyl/N-ethyl adjacent to an activating group) is 1. The largest absolute Gasteiger partial charge is 0.369 e. The molecule has 0 aliphatic heterocycles. The van der Waals surface area contributed by atoms with Gasteiger partial charge in [0.15, 0.2) is 0 Å². The van der Waals surface area contributed by atoms with Gasteiger partial charge >= 0.3 is 0 Å². The molecule has 0 radical (unpaired) electrons. The van der Waals surface area contributed by atoms with Crippen LogP contribution < -0.4 is 16.4 Å². The van der Waals surface area contributed by atoms with Gasteiger partial charge in [-0.25, -0.2) is 9.97 Å². The first-order valence-electron chi connectivity index (χ1n) is 8.55. The summed E-state index contributed by atoms with van der Waals surface area (Å²) in [7, 11) is 0. The van der Waals surface area contributed by atoms with Crippen LogP contribution in [0.4, 0.5) is 11.6 Å². The third kappa shape index (κ3) is 5.79. The molecule has 0 aliphatic carbocycles. The van der Waals surface area contributed by atoms with Crippen LogP contribution >= 0.6 is 0 Å². The molecule has 0 bridgehead atoms. The van der Waals surface area contributed by atoms with Gasteiger partial charge in [-0.15, -0.1) is 0 Å². The van der Waals surface area contributed by atoms with Crippen molar-refractivity contribution < 1.29 is 0 Å². The van der Waals surface area contributed by atoms with Gasteiger partial charge in [0.25, 0.3) is 0 Å². The van der Waals surface area contributed by atoms with Crippen LogP contribution in [0.25, 0.3) is 0 Å². The number of aromatic nitrogens is 2. The lowest BCUT2D eigenvalue weighted by atomic mass is 10.1. The molecule has 130 valence electrons. The van der Waals surface area contributed by atoms with E-state index in [0.29, 0.717) is 6.54 Å². The summed E-state index contributed by atoms with van der Waals surface area (Å²) in [5.74, 6) is 1.66. The van der Waals surface area contributed by atoms with Crippen molar-refractivity contribution in [2.45, 2.75) is 26.9 Å². The maximum atomic E-state index is 5.62. The van der Waals surface area contributed by atoms with Crippen molar-refractivity contribution in [3.8, 4) is 0 Å². The number of rotatable bonds is 10. The number of hydrogen-bond acceptors (Lipinski definition) is 6. The highest BCUT2D eigenvalue weighted by atomic mass is 15.1. The first-order chi connectivity index (χ1) is 11.7. The predicted molar refractivity (Wildman–Crippen MR) is 100.0 cm³/mol. The third-order valence-corrected chi connectivity index (χ3v) is 4.03. The summed E-state index contributed by atoms with van der Waals surface area (Å²) < 4.78 is 0. The number of benzene rings is 1. The van der Waals surface area contributed by atoms with Gasteiger partial charge in [-0.1, -0.05) is 38.1 Å². The fourth-order valence-electron chi connectivity index (χ4n) is 2.42. The molecule has 6 heteroatoms. The molecule has 0 saturated carbocycles. The number of nitrogens with two attached hydrogens (primary N) is 1. The average Bonchev–Trinajstić information content (AvgIpc) is 2.64. The molecule has 0 spiro atoms. The van der Waals surface area contributed by atoms with Crippen LogP contribution in [0, 0.1) is 0 Å². The van der Waals surface area contributed by atoms with Gasteiger partial charge in [-0.2, -0.15) is 0 Å². The molecule has 0 unspecified atom stereocenters. The lowest BCUT2D eigenvalue weighted by molar-refractivity contribution is 0.316. The Hall–Kier alpha value is -2.18. The highest BCUT2D eigenvalue weighted by Gasteiger charge is 2.01. The maximum Gasteiger partial charge on any atom is 0.131 e. The van der Waals surface area contributed by atoms with Gasteiger partial charge in [0, 0.05) is 32.2 Å². The molecule has 24 heavy (non-hydrogen) atoms. The monoisotopic (exact) mass is 328 g/mol. The van der Waals surface area contributed by atoms with Crippen molar-refractivity contribution in [3.63, 3.8) is 0 Å². The Morgan fingerprint density at radius 2 is 1.58 bits per heavy atom. The summed E-state index contributed by atoms with van der Waals surface area (Å²) in [5, 5.41) is 6.68. The molecule has 2 aromatic rings. The zero-order chi connectivity index (χ0) is 17.2. The number of hydrogen-bond donors (Lipinski definition) is 3. The second-order valence-corrected chi connectivity index (χ2v) is 5.62. The minimum Gasteiger partial charge on any atom is -0.369 e. The number of nitrogens with one attached hydrogen (secondary N) is 2. The van der Waals surface area contributed by atoms with E-state index in [1.165, 1.54) is 5.56 Å². The minimum absolute atomic E-state index is 0.572. The minimum atomic E-state index is 0.572. The summed E-state index contributed by atoms with van der Waals surface area (Å²) in [4.78, 5) is 10.9. The SMILES string of the molecule is CCN(CC)CCNc1cc(NCc2ccc(CN)cc2)ncn1. The average molecular weight is 328 g/mol. The van der Waals surface area contributed by atoms with Gasteiger partial charge in [0.05, 0.1) is 0 Å². The molecule has 0 saturated heterocycles. The van der Waals surface area contributed by atoms with Crippen LogP contribution in [0.1, 0.15) is 25.0 Å². The Morgan fingerprint density at radius 1 is 0.958 bits per heavy atom. The van der Waals surface area contributed by atoms with E-state index in [-0.39, 0.29) is 0 Å². The molecule has 0 atom stereocenters. The van der Waals surface area contributed by atoms with E-state index >= 15 is 0 Å². The van der Waals surface area contributed by atoms with Crippen molar-refractivity contribution in [2.24, 2.45) is 5.73 Å². The van der Waals surface area contributed by atoms with E-state index in [2.05, 4.69) is 63.6 Å². The van der Waals surface area contributed by atoms with Crippen LogP contribution in [0.2, 0.25) is 0 Å². The number of nitrogens with zero attached hydrogens (tertiary/aromatic N) is 3. The van der Waals surface area contributed by atoms with Crippen LogP contribution in [0.5, 0.6) is 0 Å². The van der Waals surface area contributed by atoms with Gasteiger partial charge in [0.1, 0.15) is 18.0 Å². The van der Waals surface area contributed by atoms with Crippen molar-refractivity contribution in [2.75, 3.05) is 36.8 Å². The highest BCUT2D eigenvalue weighted by molar-refractivity contribution is 5.46. The molecule has 1 aromatic heterocycles. The zero-order valence-electron chi connectivity index (χ0n) is 14.6. The first kappa shape index (κ1) is 18.2. The summed E-state index contributed by atoms with van der Waals surface area (Å²) >= 11 is 0. The molecule has 0 amide bonds. The van der Waals surface area contributed by atoms with Gasteiger partial charge < -0.3 is 21.3 Å². The molecule has 6 nitrogen and oxygen atoms in total. The molecular weight excluding hydrogens is 300 g/mol. The first-order valence-corrected chi connectivity index (χ1v) is 8.55. The summed E-state index contributed by atoms with van der Waals surface area (Å²) in [5.41, 5.74) is 7.95. The quantitative estimate of drug-likeness (QED) is 0.621. The summed E-state index contributed by atoms with van der Waals surface area (Å²) in [6.07, 6.45) is 1.58. The standard InChI is InChI=1S/C18H28N6/c1-3-24(4-2)10-9-20-17-11-18(23-14-22-17)21-13-16-7-5-15(12-19)6-8-16/h5-8,11,14H,3-4,9-10,12-13,19H2,1-2H3,(H2,20,21,22,23). The molecular formula is C18H28N6. The molecule has 1 heterocycles. The maximum absolute atomic E-state index is 5.62. The molecule has 0 aliphatic rings. The topological polar surface area (TPSA) is 79.1 Å². The van der Waals surface area contributed by atoms with E-state index in [1.54, 1.807) is 6.33 Å². The van der Waals surface area contributed by atoms with Crippen molar-refractivity contribution in [3.05, 3.63) is 47.8 Å². The Kier molecular flexibility index (Phi) is 7.45. The second-order valence-electron chi connectivity index (χ2n) is 5.62. The smallest absolute Gasteiger partial charge is 0.131 e. The molecule has 2 rings (SSSR count). The van der Waals surface area contributed by atoms with E-state index < -0.39 is 0 Å². The highest BCUT2D eigenvalue weighted by Crippen LogP contribution is 2.11. The van der Waals surface area contributed by atoms with Crippen molar-refractivity contribution in [1.29, 1.82) is 0 Å². The van der Waals surface area contributed by atoms with Gasteiger partial charge in [-0.3, -0.25) is 0 Å². The summed E-state index contributed by atoms with van der Waals surface area (Å²) in [6, 6.07) is 10.2. The Morgan fingerprint density at radius 3 is 2.21 bits per heavy atom. The zero-order valence-corrected chi connectivity index (χ0v) is 14.6. The lowest BCUT2D eigenvalue weighted by Crippen LogP contribution is -2.28. The van der Waals surface area contributed by atoms with Crippen LogP contribution in [0.15, 0.2) is 36.7 Å². The molecule has 0 fully saturated rings. The van der Waals surface area contributed by atoms with Gasteiger partial charge in [-0.05, 0) is 24.2 Å². The number of anilines is 2. The predicted octanol–water partition coefficient (Wildman–Crippen LogP) is 2.30. The van der Waals surface area contributed by atoms with Crippen LogP contribution in [0.3, 0.4) is 0 Å². The van der Waals surface area contributed by atoms with E-state index in [0.717, 1.165) is 49.9 Å². The molecule has 1 aromatic carbocycles. The molecule has 4 N–H and O–H groups in total. The van der Waals surface area contributed by atoms with E-state index in [9.17, 15) is 0 Å². The normalized spacial score (nSPS) is 10.8. The fraction of sp³-hybridized carbons (Fsp3) is 0.444. The van der Waals surface area contributed by atoms with Gasteiger partial charge in [0.2, 0.25) is 0 Å². The Balaban J connectivity index is 1.83. The third-order valence-electron chi connectivity index (χ3n) is 4.03. The van der Waals surface area contributed by atoms with Crippen LogP contribution in [-0.4, -0.2) is 41.0 Å².